The lowest BCUT2D eigenvalue weighted by atomic mass is 10.1. The summed E-state index contributed by atoms with van der Waals surface area (Å²) >= 11 is 3.08. The van der Waals surface area contributed by atoms with Crippen LogP contribution in [0, 0.1) is 11.3 Å². The molecular formula is C11H9BrF2N2O2. The van der Waals surface area contributed by atoms with Crippen molar-refractivity contribution < 1.29 is 18.3 Å². The van der Waals surface area contributed by atoms with Gasteiger partial charge >= 0.3 is 5.97 Å². The molecule has 0 N–H and O–H groups in total. The minimum Gasteiger partial charge on any atom is -0.461 e. The van der Waals surface area contributed by atoms with E-state index in [0.717, 1.165) is 6.07 Å². The number of hydrogen-bond acceptors (Lipinski definition) is 4. The van der Waals surface area contributed by atoms with E-state index in [-0.39, 0.29) is 23.2 Å². The average molecular weight is 319 g/mol. The van der Waals surface area contributed by atoms with Crippen molar-refractivity contribution in [2.45, 2.75) is 18.7 Å². The number of alkyl halides is 3. The Morgan fingerprint density at radius 2 is 2.33 bits per heavy atom. The molecule has 0 spiro atoms. The van der Waals surface area contributed by atoms with Crippen molar-refractivity contribution in [1.29, 1.82) is 5.26 Å². The predicted molar refractivity (Wildman–Crippen MR) is 62.5 cm³/mol. The quantitative estimate of drug-likeness (QED) is 0.632. The summed E-state index contributed by atoms with van der Waals surface area (Å²) in [7, 11) is 0. The minimum absolute atomic E-state index is 0.116. The SMILES string of the molecule is CCOC(=O)c1nc(C#N)c(C(F)F)cc1CBr. The van der Waals surface area contributed by atoms with Crippen molar-refractivity contribution in [2.24, 2.45) is 0 Å². The van der Waals surface area contributed by atoms with Crippen molar-refractivity contribution in [3.63, 3.8) is 0 Å². The molecule has 96 valence electrons. The summed E-state index contributed by atoms with van der Waals surface area (Å²) < 4.78 is 30.1. The van der Waals surface area contributed by atoms with Crippen LogP contribution in [0.5, 0.6) is 0 Å². The summed E-state index contributed by atoms with van der Waals surface area (Å²) in [4.78, 5) is 15.2. The van der Waals surface area contributed by atoms with Gasteiger partial charge in [-0.25, -0.2) is 18.6 Å². The third kappa shape index (κ3) is 3.01. The topological polar surface area (TPSA) is 63.0 Å². The van der Waals surface area contributed by atoms with E-state index >= 15 is 0 Å². The lowest BCUT2D eigenvalue weighted by Crippen LogP contribution is -2.12. The van der Waals surface area contributed by atoms with Gasteiger partial charge in [-0.15, -0.1) is 0 Å². The van der Waals surface area contributed by atoms with Crippen molar-refractivity contribution in [1.82, 2.24) is 4.98 Å². The Morgan fingerprint density at radius 3 is 2.78 bits per heavy atom. The molecule has 0 saturated carbocycles. The molecule has 18 heavy (non-hydrogen) atoms. The maximum Gasteiger partial charge on any atom is 0.357 e. The highest BCUT2D eigenvalue weighted by Gasteiger charge is 2.22. The third-order valence-corrected chi connectivity index (χ3v) is 2.69. The molecule has 1 aromatic rings. The highest BCUT2D eigenvalue weighted by Crippen LogP contribution is 2.25. The second-order valence-electron chi connectivity index (χ2n) is 3.20. The number of ether oxygens (including phenoxy) is 1. The lowest BCUT2D eigenvalue weighted by molar-refractivity contribution is 0.0517. The maximum absolute atomic E-state index is 12.7. The first-order chi connectivity index (χ1) is 8.54. The Bertz CT molecular complexity index is 501. The van der Waals surface area contributed by atoms with Crippen LogP contribution in [0.1, 0.15) is 40.7 Å². The molecule has 1 rings (SSSR count). The van der Waals surface area contributed by atoms with Gasteiger partial charge in [-0.3, -0.25) is 0 Å². The van der Waals surface area contributed by atoms with E-state index in [9.17, 15) is 13.6 Å². The Morgan fingerprint density at radius 1 is 1.67 bits per heavy atom. The fourth-order valence-corrected chi connectivity index (χ4v) is 1.73. The summed E-state index contributed by atoms with van der Waals surface area (Å²) in [6.45, 7) is 1.76. The van der Waals surface area contributed by atoms with Crippen LogP contribution in [0.2, 0.25) is 0 Å². The molecule has 0 amide bonds. The van der Waals surface area contributed by atoms with Gasteiger partial charge in [0.2, 0.25) is 0 Å². The standard InChI is InChI=1S/C11H9BrF2N2O2/c1-2-18-11(17)9-6(4-12)3-7(10(13)14)8(5-15)16-9/h3,10H,2,4H2,1H3. The first-order valence-corrected chi connectivity index (χ1v) is 6.12. The van der Waals surface area contributed by atoms with Gasteiger partial charge in [-0.05, 0) is 18.6 Å². The Labute approximate surface area is 111 Å². The van der Waals surface area contributed by atoms with Crippen molar-refractivity contribution in [2.75, 3.05) is 6.61 Å². The number of aromatic nitrogens is 1. The Hall–Kier alpha value is -1.55. The highest BCUT2D eigenvalue weighted by molar-refractivity contribution is 9.08. The van der Waals surface area contributed by atoms with Crippen LogP contribution >= 0.6 is 15.9 Å². The number of nitrogens with zero attached hydrogens (tertiary/aromatic N) is 2. The van der Waals surface area contributed by atoms with Gasteiger partial charge in [-0.1, -0.05) is 15.9 Å². The monoisotopic (exact) mass is 318 g/mol. The van der Waals surface area contributed by atoms with Gasteiger partial charge in [0.05, 0.1) is 12.2 Å². The fraction of sp³-hybridized carbons (Fsp3) is 0.364. The molecule has 1 aromatic heterocycles. The van der Waals surface area contributed by atoms with Crippen molar-refractivity contribution in [3.05, 3.63) is 28.6 Å². The summed E-state index contributed by atoms with van der Waals surface area (Å²) in [6.07, 6.45) is -2.82. The largest absolute Gasteiger partial charge is 0.461 e. The lowest BCUT2D eigenvalue weighted by Gasteiger charge is -2.09. The fourth-order valence-electron chi connectivity index (χ4n) is 1.31. The second kappa shape index (κ2) is 6.40. The second-order valence-corrected chi connectivity index (χ2v) is 3.76. The molecule has 0 saturated heterocycles. The molecule has 0 fully saturated rings. The molecule has 4 nitrogen and oxygen atoms in total. The predicted octanol–water partition coefficient (Wildman–Crippen LogP) is 2.96. The van der Waals surface area contributed by atoms with Crippen LogP contribution in [0.3, 0.4) is 0 Å². The maximum atomic E-state index is 12.7. The number of halogens is 3. The van der Waals surface area contributed by atoms with E-state index in [1.807, 2.05) is 0 Å². The number of esters is 1. The van der Waals surface area contributed by atoms with E-state index in [1.54, 1.807) is 13.0 Å². The molecule has 0 unspecified atom stereocenters. The summed E-state index contributed by atoms with van der Waals surface area (Å²) in [5.41, 5.74) is -0.796. The molecule has 0 radical (unpaired) electrons. The van der Waals surface area contributed by atoms with Gasteiger partial charge in [0.1, 0.15) is 11.8 Å². The molecule has 0 atom stereocenters. The average Bonchev–Trinajstić information content (AvgIpc) is 2.37. The summed E-state index contributed by atoms with van der Waals surface area (Å²) in [5, 5.41) is 8.92. The molecule has 1 heterocycles. The van der Waals surface area contributed by atoms with Crippen LogP contribution in [-0.2, 0) is 10.1 Å². The van der Waals surface area contributed by atoms with Gasteiger partial charge in [-0.2, -0.15) is 5.26 Å². The number of pyridine rings is 1. The van der Waals surface area contributed by atoms with Crippen LogP contribution in [0.25, 0.3) is 0 Å². The first-order valence-electron chi connectivity index (χ1n) is 5.00. The van der Waals surface area contributed by atoms with Crippen LogP contribution in [0.15, 0.2) is 6.07 Å². The van der Waals surface area contributed by atoms with E-state index in [2.05, 4.69) is 20.9 Å². The molecule has 0 aromatic carbocycles. The zero-order chi connectivity index (χ0) is 13.7. The minimum atomic E-state index is -2.82. The van der Waals surface area contributed by atoms with Gasteiger partial charge in [0.15, 0.2) is 5.69 Å². The zero-order valence-corrected chi connectivity index (χ0v) is 11.0. The molecule has 7 heteroatoms. The normalized spacial score (nSPS) is 10.2. The van der Waals surface area contributed by atoms with Gasteiger partial charge < -0.3 is 4.74 Å². The third-order valence-electron chi connectivity index (χ3n) is 2.08. The van der Waals surface area contributed by atoms with Crippen molar-refractivity contribution in [3.8, 4) is 6.07 Å². The zero-order valence-electron chi connectivity index (χ0n) is 9.41. The van der Waals surface area contributed by atoms with Crippen LogP contribution in [0.4, 0.5) is 8.78 Å². The number of hydrogen-bond donors (Lipinski definition) is 0. The Balaban J connectivity index is 3.36. The molecule has 0 aliphatic carbocycles. The summed E-state index contributed by atoms with van der Waals surface area (Å²) in [5.74, 6) is -0.732. The van der Waals surface area contributed by atoms with E-state index < -0.39 is 23.7 Å². The smallest absolute Gasteiger partial charge is 0.357 e. The summed E-state index contributed by atoms with van der Waals surface area (Å²) in [6, 6.07) is 2.65. The number of rotatable bonds is 4. The van der Waals surface area contributed by atoms with E-state index in [0.29, 0.717) is 0 Å². The van der Waals surface area contributed by atoms with Gasteiger partial charge in [0.25, 0.3) is 6.43 Å². The molecular weight excluding hydrogens is 310 g/mol. The van der Waals surface area contributed by atoms with E-state index in [4.69, 9.17) is 10.00 Å². The van der Waals surface area contributed by atoms with E-state index in [1.165, 1.54) is 0 Å². The number of carbonyl (C=O) groups excluding carboxylic acids is 1. The highest BCUT2D eigenvalue weighted by atomic mass is 79.9. The van der Waals surface area contributed by atoms with Gasteiger partial charge in [0, 0.05) is 5.33 Å². The Kier molecular flexibility index (Phi) is 5.16. The molecule has 0 bridgehead atoms. The first kappa shape index (κ1) is 14.5. The van der Waals surface area contributed by atoms with Crippen LogP contribution < -0.4 is 0 Å². The van der Waals surface area contributed by atoms with Crippen molar-refractivity contribution >= 4 is 21.9 Å². The molecule has 0 aliphatic rings. The van der Waals surface area contributed by atoms with Crippen LogP contribution in [-0.4, -0.2) is 17.6 Å². The molecule has 0 aliphatic heterocycles. The number of carbonyl (C=O) groups is 1. The number of nitriles is 1.